The third-order valence-electron chi connectivity index (χ3n) is 2.01. The van der Waals surface area contributed by atoms with E-state index in [9.17, 15) is 0 Å². The maximum absolute atomic E-state index is 5.50. The molecule has 0 aromatic heterocycles. The van der Waals surface area contributed by atoms with E-state index in [2.05, 4.69) is 5.32 Å². The van der Waals surface area contributed by atoms with Gasteiger partial charge in [0.05, 0.1) is 0 Å². The van der Waals surface area contributed by atoms with Gasteiger partial charge in [0, 0.05) is 12.6 Å². The predicted molar refractivity (Wildman–Crippen MR) is 39.2 cm³/mol. The van der Waals surface area contributed by atoms with Crippen molar-refractivity contribution in [1.29, 1.82) is 0 Å². The maximum Gasteiger partial charge on any atom is 0.0189 e. The topological polar surface area (TPSA) is 38.0 Å². The first-order valence-corrected chi connectivity index (χ1v) is 3.74. The number of nitrogens with one attached hydrogen (secondary N) is 1. The molecule has 0 amide bonds. The van der Waals surface area contributed by atoms with E-state index < -0.39 is 0 Å². The fourth-order valence-corrected chi connectivity index (χ4v) is 1.09. The summed E-state index contributed by atoms with van der Waals surface area (Å²) in [5.74, 6) is 0.992. The van der Waals surface area contributed by atoms with Gasteiger partial charge in [-0.3, -0.25) is 0 Å². The summed E-state index contributed by atoms with van der Waals surface area (Å²) in [6.07, 6.45) is 4.14. The highest BCUT2D eigenvalue weighted by Gasteiger charge is 2.23. The largest absolute Gasteiger partial charge is 0.329 e. The molecule has 1 unspecified atom stereocenters. The molecule has 0 radical (unpaired) electrons. The van der Waals surface area contributed by atoms with E-state index in [1.165, 1.54) is 19.3 Å². The number of nitrogens with two attached hydrogens (primary N) is 1. The lowest BCUT2D eigenvalue weighted by atomic mass is 10.1. The average Bonchev–Trinajstić information content (AvgIpc) is 2.66. The Labute approximate surface area is 56.8 Å². The first-order valence-electron chi connectivity index (χ1n) is 3.74. The molecule has 0 aliphatic heterocycles. The van der Waals surface area contributed by atoms with E-state index in [1.807, 2.05) is 7.05 Å². The Kier molecular flexibility index (Phi) is 2.49. The predicted octanol–water partition coefficient (Wildman–Crippen LogP) is 0.333. The van der Waals surface area contributed by atoms with E-state index in [0.29, 0.717) is 6.04 Å². The van der Waals surface area contributed by atoms with Crippen LogP contribution in [0.25, 0.3) is 0 Å². The van der Waals surface area contributed by atoms with E-state index >= 15 is 0 Å². The van der Waals surface area contributed by atoms with E-state index in [4.69, 9.17) is 5.73 Å². The second kappa shape index (κ2) is 3.18. The average molecular weight is 128 g/mol. The summed E-state index contributed by atoms with van der Waals surface area (Å²) in [6.45, 7) is 0.785. The van der Waals surface area contributed by atoms with Gasteiger partial charge in [0.25, 0.3) is 0 Å². The summed E-state index contributed by atoms with van der Waals surface area (Å²) in [4.78, 5) is 0. The molecule has 1 atom stereocenters. The standard InChI is InChI=1S/C7H16N2/c1-9-7(5-8)4-6-2-3-6/h6-7,9H,2-5,8H2,1H3. The van der Waals surface area contributed by atoms with Crippen LogP contribution in [0.3, 0.4) is 0 Å². The van der Waals surface area contributed by atoms with Gasteiger partial charge in [-0.1, -0.05) is 12.8 Å². The molecular formula is C7H16N2. The van der Waals surface area contributed by atoms with E-state index in [-0.39, 0.29) is 0 Å². The van der Waals surface area contributed by atoms with E-state index in [1.54, 1.807) is 0 Å². The summed E-state index contributed by atoms with van der Waals surface area (Å²) in [6, 6.07) is 0.567. The number of rotatable bonds is 4. The minimum Gasteiger partial charge on any atom is -0.329 e. The lowest BCUT2D eigenvalue weighted by molar-refractivity contribution is 0.501. The molecule has 1 aliphatic carbocycles. The molecule has 2 heteroatoms. The van der Waals surface area contributed by atoms with E-state index in [0.717, 1.165) is 12.5 Å². The Bertz CT molecular complexity index is 75.0. The lowest BCUT2D eigenvalue weighted by Gasteiger charge is -2.11. The van der Waals surface area contributed by atoms with Crippen molar-refractivity contribution in [2.24, 2.45) is 11.7 Å². The van der Waals surface area contributed by atoms with Crippen LogP contribution in [0, 0.1) is 5.92 Å². The molecule has 0 bridgehead atoms. The van der Waals surface area contributed by atoms with Crippen LogP contribution in [-0.4, -0.2) is 19.6 Å². The number of hydrogen-bond acceptors (Lipinski definition) is 2. The molecule has 54 valence electrons. The van der Waals surface area contributed by atoms with Crippen molar-refractivity contribution >= 4 is 0 Å². The monoisotopic (exact) mass is 128 g/mol. The molecule has 3 N–H and O–H groups in total. The third-order valence-corrected chi connectivity index (χ3v) is 2.01. The third kappa shape index (κ3) is 2.33. The summed E-state index contributed by atoms with van der Waals surface area (Å²) < 4.78 is 0. The molecule has 0 heterocycles. The van der Waals surface area contributed by atoms with Crippen molar-refractivity contribution in [2.75, 3.05) is 13.6 Å². The zero-order valence-corrected chi connectivity index (χ0v) is 6.06. The van der Waals surface area contributed by atoms with Crippen molar-refractivity contribution in [3.05, 3.63) is 0 Å². The molecule has 1 fully saturated rings. The Morgan fingerprint density at radius 3 is 2.67 bits per heavy atom. The molecular weight excluding hydrogens is 112 g/mol. The Morgan fingerprint density at radius 1 is 1.67 bits per heavy atom. The van der Waals surface area contributed by atoms with Crippen molar-refractivity contribution < 1.29 is 0 Å². The molecule has 0 aromatic rings. The highest BCUT2D eigenvalue weighted by atomic mass is 14.9. The number of likely N-dealkylation sites (N-methyl/N-ethyl adjacent to an activating group) is 1. The molecule has 1 rings (SSSR count). The van der Waals surface area contributed by atoms with Gasteiger partial charge in [0.1, 0.15) is 0 Å². The van der Waals surface area contributed by atoms with Crippen LogP contribution in [-0.2, 0) is 0 Å². The zero-order chi connectivity index (χ0) is 6.69. The van der Waals surface area contributed by atoms with Crippen LogP contribution < -0.4 is 11.1 Å². The molecule has 2 nitrogen and oxygen atoms in total. The van der Waals surface area contributed by atoms with Crippen LogP contribution in [0.2, 0.25) is 0 Å². The summed E-state index contributed by atoms with van der Waals surface area (Å²) in [5.41, 5.74) is 5.50. The first kappa shape index (κ1) is 7.03. The van der Waals surface area contributed by atoms with Gasteiger partial charge in [-0.15, -0.1) is 0 Å². The zero-order valence-electron chi connectivity index (χ0n) is 6.06. The highest BCUT2D eigenvalue weighted by Crippen LogP contribution is 2.33. The summed E-state index contributed by atoms with van der Waals surface area (Å²) >= 11 is 0. The molecule has 9 heavy (non-hydrogen) atoms. The van der Waals surface area contributed by atoms with Gasteiger partial charge in [-0.25, -0.2) is 0 Å². The maximum atomic E-state index is 5.50. The molecule has 1 saturated carbocycles. The molecule has 1 aliphatic rings. The minimum absolute atomic E-state index is 0.567. The first-order chi connectivity index (χ1) is 4.36. The van der Waals surface area contributed by atoms with Crippen molar-refractivity contribution in [2.45, 2.75) is 25.3 Å². The molecule has 0 saturated heterocycles. The molecule has 0 spiro atoms. The van der Waals surface area contributed by atoms with Crippen molar-refractivity contribution in [3.8, 4) is 0 Å². The highest BCUT2D eigenvalue weighted by molar-refractivity contribution is 4.79. The Balaban J connectivity index is 2.05. The van der Waals surface area contributed by atoms with Crippen LogP contribution in [0.5, 0.6) is 0 Å². The van der Waals surface area contributed by atoms with Crippen LogP contribution in [0.15, 0.2) is 0 Å². The van der Waals surface area contributed by atoms with Crippen molar-refractivity contribution in [3.63, 3.8) is 0 Å². The van der Waals surface area contributed by atoms with Gasteiger partial charge >= 0.3 is 0 Å². The van der Waals surface area contributed by atoms with Crippen LogP contribution in [0.4, 0.5) is 0 Å². The second-order valence-electron chi connectivity index (χ2n) is 2.90. The number of hydrogen-bond donors (Lipinski definition) is 2. The smallest absolute Gasteiger partial charge is 0.0189 e. The fourth-order valence-electron chi connectivity index (χ4n) is 1.09. The van der Waals surface area contributed by atoms with Gasteiger partial charge in [-0.2, -0.15) is 0 Å². The quantitative estimate of drug-likeness (QED) is 0.572. The molecule has 0 aromatic carbocycles. The van der Waals surface area contributed by atoms with Gasteiger partial charge < -0.3 is 11.1 Å². The van der Waals surface area contributed by atoms with Gasteiger partial charge in [0.2, 0.25) is 0 Å². The minimum atomic E-state index is 0.567. The normalized spacial score (nSPS) is 22.0. The lowest BCUT2D eigenvalue weighted by Crippen LogP contribution is -2.33. The SMILES string of the molecule is CNC(CN)CC1CC1. The summed E-state index contributed by atoms with van der Waals surface area (Å²) in [7, 11) is 1.99. The Morgan fingerprint density at radius 2 is 2.33 bits per heavy atom. The Hall–Kier alpha value is -0.0800. The fraction of sp³-hybridized carbons (Fsp3) is 1.00. The summed E-state index contributed by atoms with van der Waals surface area (Å²) in [5, 5.41) is 3.20. The van der Waals surface area contributed by atoms with Crippen molar-refractivity contribution in [1.82, 2.24) is 5.32 Å². The van der Waals surface area contributed by atoms with Gasteiger partial charge in [-0.05, 0) is 19.4 Å². The van der Waals surface area contributed by atoms with Gasteiger partial charge in [0.15, 0.2) is 0 Å². The van der Waals surface area contributed by atoms with Crippen LogP contribution in [0.1, 0.15) is 19.3 Å². The van der Waals surface area contributed by atoms with Crippen LogP contribution >= 0.6 is 0 Å². The second-order valence-corrected chi connectivity index (χ2v) is 2.90.